The third-order valence-electron chi connectivity index (χ3n) is 7.07. The monoisotopic (exact) mass is 464 g/mol. The quantitative estimate of drug-likeness (QED) is 0.673. The number of ether oxygens (including phenoxy) is 4. The van der Waals surface area contributed by atoms with Crippen molar-refractivity contribution >= 4 is 17.6 Å². The molecule has 2 aromatic carbocycles. The highest BCUT2D eigenvalue weighted by Gasteiger charge is 2.57. The van der Waals surface area contributed by atoms with Crippen molar-refractivity contribution in [3.8, 4) is 23.0 Å². The van der Waals surface area contributed by atoms with Crippen molar-refractivity contribution in [3.63, 3.8) is 0 Å². The molecule has 9 heteroatoms. The molecule has 0 aliphatic carbocycles. The van der Waals surface area contributed by atoms with Gasteiger partial charge in [-0.05, 0) is 50.2 Å². The summed E-state index contributed by atoms with van der Waals surface area (Å²) in [5.41, 5.74) is -0.777. The predicted octanol–water partition coefficient (Wildman–Crippen LogP) is 2.34. The molecular formula is C25H24N2O7. The standard InChI is InChI=1S/C25H24N2O7/c1-24-9-26(21(28)15-3-5-17-19(7-15)33-13-31-17)11-25(2,23(24)30)12-27(10-24)22(29)16-4-6-18-20(8-16)34-14-32-18/h3-8H,9-14H2,1-2H3. The van der Waals surface area contributed by atoms with Crippen LogP contribution in [0.4, 0.5) is 0 Å². The molecule has 4 aliphatic rings. The van der Waals surface area contributed by atoms with E-state index in [1.165, 1.54) is 0 Å². The van der Waals surface area contributed by atoms with Crippen LogP contribution in [-0.2, 0) is 4.79 Å². The number of carbonyl (C=O) groups is 3. The van der Waals surface area contributed by atoms with Crippen LogP contribution < -0.4 is 18.9 Å². The van der Waals surface area contributed by atoms with E-state index in [-0.39, 0.29) is 57.4 Å². The summed E-state index contributed by atoms with van der Waals surface area (Å²) in [7, 11) is 0. The SMILES string of the molecule is CC12CN(C(=O)c3ccc4c(c3)OCO4)CC(C)(CN(C(=O)c3ccc4c(c3)OCO4)C1)C2=O. The van der Waals surface area contributed by atoms with Crippen LogP contribution in [0.3, 0.4) is 0 Å². The van der Waals surface area contributed by atoms with Crippen LogP contribution in [-0.4, -0.2) is 67.2 Å². The Morgan fingerprint density at radius 3 is 1.47 bits per heavy atom. The lowest BCUT2D eigenvalue weighted by Crippen LogP contribution is -2.69. The second-order valence-electron chi connectivity index (χ2n) is 9.91. The van der Waals surface area contributed by atoms with E-state index in [0.717, 1.165) is 0 Å². The number of hydrogen-bond donors (Lipinski definition) is 0. The molecule has 2 aromatic rings. The summed E-state index contributed by atoms with van der Waals surface area (Å²) >= 11 is 0. The highest BCUT2D eigenvalue weighted by atomic mass is 16.7. The number of hydrogen-bond acceptors (Lipinski definition) is 7. The Kier molecular flexibility index (Phi) is 4.36. The van der Waals surface area contributed by atoms with Gasteiger partial charge in [-0.15, -0.1) is 0 Å². The van der Waals surface area contributed by atoms with Crippen molar-refractivity contribution in [1.29, 1.82) is 0 Å². The Hall–Kier alpha value is -3.75. The maximum Gasteiger partial charge on any atom is 0.254 e. The fourth-order valence-electron chi connectivity index (χ4n) is 5.62. The van der Waals surface area contributed by atoms with Gasteiger partial charge in [0.05, 0.1) is 10.8 Å². The molecule has 0 unspecified atom stereocenters. The highest BCUT2D eigenvalue weighted by Crippen LogP contribution is 2.44. The van der Waals surface area contributed by atoms with E-state index >= 15 is 0 Å². The molecule has 0 N–H and O–H groups in total. The van der Waals surface area contributed by atoms with Gasteiger partial charge in [0.25, 0.3) is 11.8 Å². The maximum atomic E-state index is 13.4. The number of benzene rings is 2. The number of carbonyl (C=O) groups excluding carboxylic acids is 3. The first-order valence-corrected chi connectivity index (χ1v) is 11.2. The van der Waals surface area contributed by atoms with E-state index in [1.807, 2.05) is 13.8 Å². The molecule has 0 spiro atoms. The van der Waals surface area contributed by atoms with Crippen molar-refractivity contribution in [3.05, 3.63) is 47.5 Å². The van der Waals surface area contributed by atoms with E-state index in [0.29, 0.717) is 34.1 Å². The first-order valence-electron chi connectivity index (χ1n) is 11.2. The van der Waals surface area contributed by atoms with E-state index in [2.05, 4.69) is 0 Å². The molecule has 176 valence electrons. The first kappa shape index (κ1) is 20.8. The number of Topliss-reactive ketones (excluding diaryl/α,β-unsaturated/α-hetero) is 1. The summed E-state index contributed by atoms with van der Waals surface area (Å²) in [4.78, 5) is 43.6. The third kappa shape index (κ3) is 3.10. The molecule has 2 amide bonds. The fourth-order valence-corrected chi connectivity index (χ4v) is 5.62. The van der Waals surface area contributed by atoms with E-state index in [9.17, 15) is 14.4 Å². The maximum absolute atomic E-state index is 13.4. The molecule has 2 bridgehead atoms. The van der Waals surface area contributed by atoms with Gasteiger partial charge in [-0.3, -0.25) is 14.4 Å². The molecule has 2 saturated heterocycles. The molecule has 9 nitrogen and oxygen atoms in total. The molecule has 4 heterocycles. The number of amides is 2. The summed E-state index contributed by atoms with van der Waals surface area (Å²) in [6.07, 6.45) is 0. The Morgan fingerprint density at radius 1 is 0.676 bits per heavy atom. The minimum Gasteiger partial charge on any atom is -0.454 e. The molecule has 0 atom stereocenters. The number of fused-ring (bicyclic) bond motifs is 4. The molecule has 34 heavy (non-hydrogen) atoms. The van der Waals surface area contributed by atoms with Crippen molar-refractivity contribution in [2.75, 3.05) is 39.8 Å². The largest absolute Gasteiger partial charge is 0.454 e. The van der Waals surface area contributed by atoms with Gasteiger partial charge in [0.15, 0.2) is 28.8 Å². The van der Waals surface area contributed by atoms with Gasteiger partial charge in [-0.25, -0.2) is 0 Å². The summed E-state index contributed by atoms with van der Waals surface area (Å²) in [6.45, 7) is 4.89. The summed E-state index contributed by atoms with van der Waals surface area (Å²) in [5, 5.41) is 0. The van der Waals surface area contributed by atoms with Gasteiger partial charge in [0, 0.05) is 37.3 Å². The smallest absolute Gasteiger partial charge is 0.254 e. The second kappa shape index (κ2) is 7.12. The van der Waals surface area contributed by atoms with Gasteiger partial charge in [0.1, 0.15) is 0 Å². The third-order valence-corrected chi connectivity index (χ3v) is 7.07. The molecular weight excluding hydrogens is 440 g/mol. The number of nitrogens with zero attached hydrogens (tertiary/aromatic N) is 2. The Morgan fingerprint density at radius 2 is 1.06 bits per heavy atom. The number of ketones is 1. The highest BCUT2D eigenvalue weighted by molar-refractivity contribution is 6.01. The van der Waals surface area contributed by atoms with Crippen molar-refractivity contribution in [2.24, 2.45) is 10.8 Å². The summed E-state index contributed by atoms with van der Waals surface area (Å²) < 4.78 is 21.5. The predicted molar refractivity (Wildman–Crippen MR) is 118 cm³/mol. The van der Waals surface area contributed by atoms with Gasteiger partial charge in [-0.2, -0.15) is 0 Å². The summed E-state index contributed by atoms with van der Waals surface area (Å²) in [6, 6.07) is 10.2. The van der Waals surface area contributed by atoms with Crippen LogP contribution in [0.1, 0.15) is 34.6 Å². The van der Waals surface area contributed by atoms with Crippen LogP contribution in [0, 0.1) is 10.8 Å². The first-order chi connectivity index (χ1) is 16.3. The van der Waals surface area contributed by atoms with Crippen LogP contribution in [0.2, 0.25) is 0 Å². The molecule has 0 saturated carbocycles. The normalized spacial score (nSPS) is 26.6. The van der Waals surface area contributed by atoms with E-state index < -0.39 is 10.8 Å². The number of piperidine rings is 2. The zero-order valence-electron chi connectivity index (χ0n) is 19.0. The lowest BCUT2D eigenvalue weighted by atomic mass is 9.64. The lowest BCUT2D eigenvalue weighted by Gasteiger charge is -2.55. The minimum absolute atomic E-state index is 0.0875. The number of rotatable bonds is 2. The molecule has 6 rings (SSSR count). The molecule has 2 fully saturated rings. The van der Waals surface area contributed by atoms with E-state index in [1.54, 1.807) is 46.2 Å². The van der Waals surface area contributed by atoms with Gasteiger partial charge >= 0.3 is 0 Å². The minimum atomic E-state index is -0.872. The summed E-state index contributed by atoms with van der Waals surface area (Å²) in [5.74, 6) is 2.05. The van der Waals surface area contributed by atoms with Gasteiger partial charge < -0.3 is 28.7 Å². The van der Waals surface area contributed by atoms with Crippen LogP contribution in [0.5, 0.6) is 23.0 Å². The molecule has 0 radical (unpaired) electrons. The Bertz CT molecular complexity index is 1130. The van der Waals surface area contributed by atoms with Crippen molar-refractivity contribution in [1.82, 2.24) is 9.80 Å². The van der Waals surface area contributed by atoms with E-state index in [4.69, 9.17) is 18.9 Å². The van der Waals surface area contributed by atoms with Crippen LogP contribution >= 0.6 is 0 Å². The second-order valence-corrected chi connectivity index (χ2v) is 9.91. The fraction of sp³-hybridized carbons (Fsp3) is 0.400. The van der Waals surface area contributed by atoms with Crippen molar-refractivity contribution < 1.29 is 33.3 Å². The zero-order chi connectivity index (χ0) is 23.7. The van der Waals surface area contributed by atoms with Gasteiger partial charge in [0.2, 0.25) is 13.6 Å². The average molecular weight is 464 g/mol. The average Bonchev–Trinajstić information content (AvgIpc) is 3.48. The Labute approximate surface area is 196 Å². The lowest BCUT2D eigenvalue weighted by molar-refractivity contribution is -0.153. The van der Waals surface area contributed by atoms with Crippen LogP contribution in [0.25, 0.3) is 0 Å². The van der Waals surface area contributed by atoms with Crippen molar-refractivity contribution in [2.45, 2.75) is 13.8 Å². The van der Waals surface area contributed by atoms with Gasteiger partial charge in [-0.1, -0.05) is 0 Å². The molecule has 0 aromatic heterocycles. The molecule has 4 aliphatic heterocycles. The number of likely N-dealkylation sites (tertiary alicyclic amines) is 2. The topological polar surface area (TPSA) is 94.6 Å². The zero-order valence-corrected chi connectivity index (χ0v) is 19.0. The van der Waals surface area contributed by atoms with Crippen LogP contribution in [0.15, 0.2) is 36.4 Å². The Balaban J connectivity index is 1.25.